The lowest BCUT2D eigenvalue weighted by atomic mass is 9.90. The van der Waals surface area contributed by atoms with Gasteiger partial charge >= 0.3 is 5.69 Å². The van der Waals surface area contributed by atoms with Crippen LogP contribution in [0.5, 0.6) is 0 Å². The van der Waals surface area contributed by atoms with E-state index in [2.05, 4.69) is 0 Å². The molecule has 5 N–H and O–H groups in total. The predicted molar refractivity (Wildman–Crippen MR) is 67.0 cm³/mol. The molecule has 0 aliphatic carbocycles. The van der Waals surface area contributed by atoms with Crippen molar-refractivity contribution in [2.24, 2.45) is 0 Å². The second-order valence-electron chi connectivity index (χ2n) is 4.80. The summed E-state index contributed by atoms with van der Waals surface area (Å²) in [5, 5.41) is 29.7. The molecule has 1 aromatic heterocycles. The molecule has 1 aromatic rings. The molecule has 0 amide bonds. The van der Waals surface area contributed by atoms with E-state index >= 15 is 0 Å². The zero-order valence-corrected chi connectivity index (χ0v) is 10.9. The number of H-pyrrole nitrogens is 1. The molecule has 9 nitrogen and oxygen atoms in total. The van der Waals surface area contributed by atoms with E-state index in [1.165, 1.54) is 5.54 Å². The predicted octanol–water partition coefficient (Wildman–Crippen LogP) is -2.62. The maximum absolute atomic E-state index is 12.1. The normalized spacial score (nSPS) is 32.5. The van der Waals surface area contributed by atoms with Crippen LogP contribution in [0, 0.1) is 0 Å². The van der Waals surface area contributed by atoms with Crippen LogP contribution < -0.4 is 16.8 Å². The Morgan fingerprint density at radius 1 is 1.52 bits per heavy atom. The Kier molecular flexibility index (Phi) is 4.54. The maximum Gasteiger partial charge on any atom is 0.330 e. The molecule has 21 heavy (non-hydrogen) atoms. The molecule has 1 saturated heterocycles. The molecule has 1 aliphatic rings. The first-order chi connectivity index (χ1) is 9.93. The van der Waals surface area contributed by atoms with Gasteiger partial charge in [0.15, 0.2) is 6.23 Å². The monoisotopic (exact) mass is 305 g/mol. The van der Waals surface area contributed by atoms with Crippen molar-refractivity contribution in [2.45, 2.75) is 30.5 Å². The molecule has 0 spiro atoms. The van der Waals surface area contributed by atoms with E-state index in [1.807, 2.05) is 4.98 Å². The van der Waals surface area contributed by atoms with Gasteiger partial charge in [-0.25, -0.2) is 4.79 Å². The Morgan fingerprint density at radius 3 is 2.81 bits per heavy atom. The summed E-state index contributed by atoms with van der Waals surface area (Å²) in [6.07, 6.45) is -3.23. The molecule has 0 bridgehead atoms. The lowest BCUT2D eigenvalue weighted by Gasteiger charge is -2.31. The van der Waals surface area contributed by atoms with Gasteiger partial charge in [-0.1, -0.05) is 0 Å². The molecule has 0 saturated carbocycles. The van der Waals surface area contributed by atoms with Crippen molar-refractivity contribution in [3.63, 3.8) is 0 Å². The highest BCUT2D eigenvalue weighted by molar-refractivity contribution is 5.03. The highest BCUT2D eigenvalue weighted by Crippen LogP contribution is 2.39. The first-order valence-corrected chi connectivity index (χ1v) is 6.25. The van der Waals surface area contributed by atoms with E-state index in [9.17, 15) is 24.3 Å². The number of hydrogen-bond acceptors (Lipinski definition) is 7. The highest BCUT2D eigenvalue weighted by atomic mass is 19.2. The molecular weight excluding hydrogens is 289 g/mol. The van der Waals surface area contributed by atoms with Crippen molar-refractivity contribution in [3.05, 3.63) is 33.1 Å². The standard InChI is InChI=1S/C11H16FN3O6/c12-13-3-2-11(20)8(18)6(5-16)21-9(11)15-4-1-7(17)14-10(15)19/h1,4,6,8-9,13,16,18,20H,2-3,5H2,(H,14,17,19)/t6-,8-,9-,11-/m1/s1. The molecule has 10 heteroatoms. The van der Waals surface area contributed by atoms with Crippen molar-refractivity contribution in [2.75, 3.05) is 13.2 Å². The summed E-state index contributed by atoms with van der Waals surface area (Å²) in [5.74, 6) is 0. The third-order valence-corrected chi connectivity index (χ3v) is 3.50. The number of hydrogen-bond donors (Lipinski definition) is 5. The Hall–Kier alpha value is -1.59. The van der Waals surface area contributed by atoms with Crippen molar-refractivity contribution in [1.29, 1.82) is 0 Å². The fourth-order valence-electron chi connectivity index (χ4n) is 2.41. The van der Waals surface area contributed by atoms with Gasteiger partial charge < -0.3 is 20.1 Å². The minimum atomic E-state index is -2.01. The van der Waals surface area contributed by atoms with Gasteiger partial charge in [-0.05, 0) is 6.42 Å². The third kappa shape index (κ3) is 2.76. The van der Waals surface area contributed by atoms with E-state index in [0.717, 1.165) is 16.8 Å². The number of aromatic nitrogens is 2. The first kappa shape index (κ1) is 15.8. The van der Waals surface area contributed by atoms with Gasteiger partial charge in [0.2, 0.25) is 0 Å². The summed E-state index contributed by atoms with van der Waals surface area (Å²) in [5.41, 5.74) is -2.16. The number of nitrogens with one attached hydrogen (secondary N) is 2. The van der Waals surface area contributed by atoms with Crippen LogP contribution in [0.15, 0.2) is 21.9 Å². The second kappa shape index (κ2) is 6.03. The Bertz CT molecular complexity index is 604. The smallest absolute Gasteiger partial charge is 0.330 e. The number of aromatic amines is 1. The summed E-state index contributed by atoms with van der Waals surface area (Å²) in [7, 11) is 0. The SMILES string of the molecule is O=c1ccn([C@@H]2O[C@H](CO)[C@@H](O)[C@]2(O)CCNF)c(=O)[nH]1. The van der Waals surface area contributed by atoms with E-state index < -0.39 is 41.9 Å². The van der Waals surface area contributed by atoms with Crippen molar-refractivity contribution >= 4 is 0 Å². The third-order valence-electron chi connectivity index (χ3n) is 3.50. The summed E-state index contributed by atoms with van der Waals surface area (Å²) in [4.78, 5) is 24.8. The van der Waals surface area contributed by atoms with E-state index in [-0.39, 0.29) is 13.0 Å². The average Bonchev–Trinajstić information content (AvgIpc) is 2.70. The number of aliphatic hydroxyl groups is 3. The van der Waals surface area contributed by atoms with Crippen LogP contribution in [0.4, 0.5) is 4.48 Å². The number of halogens is 1. The van der Waals surface area contributed by atoms with Crippen LogP contribution in [0.2, 0.25) is 0 Å². The number of nitrogens with zero attached hydrogens (tertiary/aromatic N) is 1. The molecule has 1 fully saturated rings. The largest absolute Gasteiger partial charge is 0.394 e. The summed E-state index contributed by atoms with van der Waals surface area (Å²) in [6.45, 7) is -0.898. The second-order valence-corrected chi connectivity index (χ2v) is 4.80. The van der Waals surface area contributed by atoms with Crippen molar-refractivity contribution in [1.82, 2.24) is 15.1 Å². The van der Waals surface area contributed by atoms with Crippen molar-refractivity contribution in [3.8, 4) is 0 Å². The average molecular weight is 305 g/mol. The highest BCUT2D eigenvalue weighted by Gasteiger charge is 2.55. The van der Waals surface area contributed by atoms with E-state index in [4.69, 9.17) is 9.84 Å². The summed E-state index contributed by atoms with van der Waals surface area (Å²) < 4.78 is 18.3. The maximum atomic E-state index is 12.1. The molecule has 118 valence electrons. The minimum absolute atomic E-state index is 0.280. The van der Waals surface area contributed by atoms with Gasteiger partial charge in [0.25, 0.3) is 5.56 Å². The van der Waals surface area contributed by atoms with Crippen LogP contribution in [-0.2, 0) is 4.74 Å². The van der Waals surface area contributed by atoms with Crippen LogP contribution in [-0.4, -0.2) is 55.8 Å². The molecule has 1 aliphatic heterocycles. The first-order valence-electron chi connectivity index (χ1n) is 6.25. The fourth-order valence-corrected chi connectivity index (χ4v) is 2.41. The molecule has 0 aromatic carbocycles. The van der Waals surface area contributed by atoms with Gasteiger partial charge in [0.05, 0.1) is 6.61 Å². The van der Waals surface area contributed by atoms with Gasteiger partial charge in [0.1, 0.15) is 17.8 Å². The quantitative estimate of drug-likeness (QED) is 0.376. The lowest BCUT2D eigenvalue weighted by molar-refractivity contribution is -0.116. The van der Waals surface area contributed by atoms with Gasteiger partial charge in [0, 0.05) is 18.8 Å². The molecule has 2 heterocycles. The molecular formula is C11H16FN3O6. The zero-order chi connectivity index (χ0) is 15.6. The van der Waals surface area contributed by atoms with Crippen LogP contribution in [0.1, 0.15) is 12.6 Å². The Morgan fingerprint density at radius 2 is 2.24 bits per heavy atom. The summed E-state index contributed by atoms with van der Waals surface area (Å²) in [6, 6.07) is 1.04. The molecule has 2 rings (SSSR count). The molecule has 0 unspecified atom stereocenters. The van der Waals surface area contributed by atoms with Crippen LogP contribution >= 0.6 is 0 Å². The minimum Gasteiger partial charge on any atom is -0.394 e. The fraction of sp³-hybridized carbons (Fsp3) is 0.636. The Balaban J connectivity index is 2.43. The lowest BCUT2D eigenvalue weighted by Crippen LogP contribution is -2.50. The topological polar surface area (TPSA) is 137 Å². The summed E-state index contributed by atoms with van der Waals surface area (Å²) >= 11 is 0. The number of rotatable bonds is 5. The van der Waals surface area contributed by atoms with Crippen LogP contribution in [0.25, 0.3) is 0 Å². The number of ether oxygens (including phenoxy) is 1. The van der Waals surface area contributed by atoms with Crippen LogP contribution in [0.3, 0.4) is 0 Å². The zero-order valence-electron chi connectivity index (χ0n) is 10.9. The number of aliphatic hydroxyl groups excluding tert-OH is 2. The van der Waals surface area contributed by atoms with E-state index in [0.29, 0.717) is 0 Å². The van der Waals surface area contributed by atoms with E-state index in [1.54, 1.807) is 0 Å². The van der Waals surface area contributed by atoms with Gasteiger partial charge in [-0.3, -0.25) is 14.3 Å². The Labute approximate surface area is 117 Å². The van der Waals surface area contributed by atoms with Gasteiger partial charge in [-0.2, -0.15) is 5.54 Å². The van der Waals surface area contributed by atoms with Crippen molar-refractivity contribution < 1.29 is 24.5 Å². The van der Waals surface area contributed by atoms with Gasteiger partial charge in [-0.15, -0.1) is 4.48 Å². The molecule has 0 radical (unpaired) electrons. The molecule has 4 atom stereocenters.